The van der Waals surface area contributed by atoms with E-state index in [1.165, 1.54) is 12.8 Å². The highest BCUT2D eigenvalue weighted by molar-refractivity contribution is 5.40. The van der Waals surface area contributed by atoms with E-state index in [-0.39, 0.29) is 6.61 Å². The summed E-state index contributed by atoms with van der Waals surface area (Å²) >= 11 is 0. The summed E-state index contributed by atoms with van der Waals surface area (Å²) < 4.78 is 19.3. The van der Waals surface area contributed by atoms with E-state index in [1.807, 2.05) is 11.0 Å². The number of halogens is 1. The zero-order chi connectivity index (χ0) is 12.6. The van der Waals surface area contributed by atoms with Crippen molar-refractivity contribution in [3.8, 4) is 0 Å². The number of alkyl halides is 1. The van der Waals surface area contributed by atoms with Crippen molar-refractivity contribution in [1.82, 2.24) is 9.97 Å². The first kappa shape index (κ1) is 11.8. The van der Waals surface area contributed by atoms with E-state index in [2.05, 4.69) is 9.97 Å². The summed E-state index contributed by atoms with van der Waals surface area (Å²) in [5.41, 5.74) is -1.24. The van der Waals surface area contributed by atoms with E-state index in [9.17, 15) is 4.39 Å². The molecule has 1 saturated carbocycles. The minimum absolute atomic E-state index is 0.157. The molecule has 1 atom stereocenters. The Balaban J connectivity index is 1.73. The maximum atomic E-state index is 14.3. The number of hydrogen-bond donors (Lipinski definition) is 0. The maximum Gasteiger partial charge on any atom is 0.153 e. The molecule has 0 radical (unpaired) electrons. The van der Waals surface area contributed by atoms with Gasteiger partial charge in [0.2, 0.25) is 0 Å². The molecule has 0 N–H and O–H groups in total. The lowest BCUT2D eigenvalue weighted by Crippen LogP contribution is -2.33. The first-order chi connectivity index (χ1) is 8.70. The van der Waals surface area contributed by atoms with Crippen LogP contribution in [0.5, 0.6) is 0 Å². The predicted octanol–water partition coefficient (Wildman–Crippen LogP) is 1.92. The van der Waals surface area contributed by atoms with Gasteiger partial charge in [-0.05, 0) is 18.9 Å². The normalized spacial score (nSPS) is 27.8. The first-order valence-corrected chi connectivity index (χ1v) is 6.46. The molecule has 2 aliphatic rings. The number of rotatable bonds is 4. The van der Waals surface area contributed by atoms with E-state index in [0.717, 1.165) is 11.6 Å². The molecule has 1 unspecified atom stereocenters. The largest absolute Gasteiger partial charge is 0.381 e. The molecule has 1 aliphatic carbocycles. The van der Waals surface area contributed by atoms with Gasteiger partial charge in [-0.2, -0.15) is 0 Å². The fraction of sp³-hybridized carbons (Fsp3) is 0.692. The van der Waals surface area contributed by atoms with E-state index >= 15 is 0 Å². The molecule has 1 aliphatic heterocycles. The SMILES string of the molecule is COCC1(F)CCN(c2ccnc(C3CC3)n2)C1. The van der Waals surface area contributed by atoms with Crippen LogP contribution in [0.4, 0.5) is 10.2 Å². The average molecular weight is 251 g/mol. The Kier molecular flexibility index (Phi) is 2.93. The van der Waals surface area contributed by atoms with Crippen LogP contribution in [0.3, 0.4) is 0 Å². The van der Waals surface area contributed by atoms with Gasteiger partial charge in [0.1, 0.15) is 11.6 Å². The summed E-state index contributed by atoms with van der Waals surface area (Å²) in [5.74, 6) is 2.29. The summed E-state index contributed by atoms with van der Waals surface area (Å²) in [4.78, 5) is 10.8. The second-order valence-electron chi connectivity index (χ2n) is 5.30. The molecular formula is C13H18FN3O. The number of methoxy groups -OCH3 is 1. The Morgan fingerprint density at radius 2 is 2.39 bits per heavy atom. The van der Waals surface area contributed by atoms with Crippen LogP contribution in [0.15, 0.2) is 12.3 Å². The lowest BCUT2D eigenvalue weighted by Gasteiger charge is -2.21. The molecule has 4 nitrogen and oxygen atoms in total. The summed E-state index contributed by atoms with van der Waals surface area (Å²) in [5, 5.41) is 0. The standard InChI is InChI=1S/C13H18FN3O/c1-18-9-13(14)5-7-17(8-13)11-4-6-15-12(16-11)10-2-3-10/h4,6,10H,2-3,5,7-9H2,1H3. The molecule has 2 fully saturated rings. The van der Waals surface area contributed by atoms with Crippen LogP contribution in [0, 0.1) is 0 Å². The van der Waals surface area contributed by atoms with Gasteiger partial charge >= 0.3 is 0 Å². The van der Waals surface area contributed by atoms with Crippen LogP contribution in [-0.4, -0.2) is 42.4 Å². The third-order valence-electron chi connectivity index (χ3n) is 3.63. The van der Waals surface area contributed by atoms with Gasteiger partial charge < -0.3 is 9.64 Å². The molecule has 0 spiro atoms. The van der Waals surface area contributed by atoms with Gasteiger partial charge in [0.25, 0.3) is 0 Å². The van der Waals surface area contributed by atoms with Crippen LogP contribution < -0.4 is 4.90 Å². The molecule has 1 aromatic heterocycles. The van der Waals surface area contributed by atoms with Crippen molar-refractivity contribution in [2.45, 2.75) is 30.8 Å². The highest BCUT2D eigenvalue weighted by Crippen LogP contribution is 2.38. The summed E-state index contributed by atoms with van der Waals surface area (Å²) in [6, 6.07) is 1.87. The monoisotopic (exact) mass is 251 g/mol. The summed E-state index contributed by atoms with van der Waals surface area (Å²) in [6.07, 6.45) is 4.65. The molecule has 2 heterocycles. The van der Waals surface area contributed by atoms with Gasteiger partial charge in [-0.3, -0.25) is 0 Å². The van der Waals surface area contributed by atoms with Gasteiger partial charge in [0, 0.05) is 32.2 Å². The van der Waals surface area contributed by atoms with Crippen LogP contribution in [0.2, 0.25) is 0 Å². The third kappa shape index (κ3) is 2.32. The molecule has 1 aromatic rings. The first-order valence-electron chi connectivity index (χ1n) is 6.46. The minimum atomic E-state index is -1.24. The lowest BCUT2D eigenvalue weighted by molar-refractivity contribution is 0.0570. The molecule has 1 saturated heterocycles. The Labute approximate surface area is 106 Å². The number of aromatic nitrogens is 2. The zero-order valence-corrected chi connectivity index (χ0v) is 10.6. The topological polar surface area (TPSA) is 38.2 Å². The van der Waals surface area contributed by atoms with Crippen molar-refractivity contribution >= 4 is 5.82 Å². The van der Waals surface area contributed by atoms with Crippen molar-refractivity contribution in [1.29, 1.82) is 0 Å². The molecule has 18 heavy (non-hydrogen) atoms. The highest BCUT2D eigenvalue weighted by Gasteiger charge is 2.39. The molecule has 0 amide bonds. The number of hydrogen-bond acceptors (Lipinski definition) is 4. The Hall–Kier alpha value is -1.23. The summed E-state index contributed by atoms with van der Waals surface area (Å²) in [6.45, 7) is 1.22. The van der Waals surface area contributed by atoms with E-state index in [4.69, 9.17) is 4.74 Å². The van der Waals surface area contributed by atoms with Gasteiger partial charge in [-0.15, -0.1) is 0 Å². The molecular weight excluding hydrogens is 233 g/mol. The van der Waals surface area contributed by atoms with Crippen LogP contribution in [0.1, 0.15) is 31.0 Å². The van der Waals surface area contributed by atoms with Crippen LogP contribution >= 0.6 is 0 Å². The van der Waals surface area contributed by atoms with Gasteiger partial charge in [-0.25, -0.2) is 14.4 Å². The van der Waals surface area contributed by atoms with Crippen LogP contribution in [0.25, 0.3) is 0 Å². The Morgan fingerprint density at radius 3 is 3.11 bits per heavy atom. The van der Waals surface area contributed by atoms with E-state index < -0.39 is 5.67 Å². The Bertz CT molecular complexity index is 438. The molecule has 5 heteroatoms. The fourth-order valence-electron chi connectivity index (χ4n) is 2.49. The van der Waals surface area contributed by atoms with Crippen molar-refractivity contribution in [2.75, 3.05) is 31.7 Å². The summed E-state index contributed by atoms with van der Waals surface area (Å²) in [7, 11) is 1.54. The second-order valence-corrected chi connectivity index (χ2v) is 5.30. The maximum absolute atomic E-state index is 14.3. The van der Waals surface area contributed by atoms with Crippen molar-refractivity contribution < 1.29 is 9.13 Å². The van der Waals surface area contributed by atoms with Crippen molar-refractivity contribution in [3.05, 3.63) is 18.1 Å². The molecule has 98 valence electrons. The number of anilines is 1. The number of nitrogens with zero attached hydrogens (tertiary/aromatic N) is 3. The molecule has 0 aromatic carbocycles. The fourth-order valence-corrected chi connectivity index (χ4v) is 2.49. The molecule has 0 bridgehead atoms. The van der Waals surface area contributed by atoms with Gasteiger partial charge in [0.15, 0.2) is 5.67 Å². The van der Waals surface area contributed by atoms with Gasteiger partial charge in [0.05, 0.1) is 13.2 Å². The smallest absolute Gasteiger partial charge is 0.153 e. The third-order valence-corrected chi connectivity index (χ3v) is 3.63. The molecule has 3 rings (SSSR count). The van der Waals surface area contributed by atoms with Crippen LogP contribution in [-0.2, 0) is 4.74 Å². The minimum Gasteiger partial charge on any atom is -0.381 e. The number of ether oxygens (including phenoxy) is 1. The van der Waals surface area contributed by atoms with Crippen molar-refractivity contribution in [2.24, 2.45) is 0 Å². The zero-order valence-electron chi connectivity index (χ0n) is 10.6. The van der Waals surface area contributed by atoms with Gasteiger partial charge in [-0.1, -0.05) is 0 Å². The quantitative estimate of drug-likeness (QED) is 0.819. The average Bonchev–Trinajstić information content (AvgIpc) is 3.14. The van der Waals surface area contributed by atoms with Crippen molar-refractivity contribution in [3.63, 3.8) is 0 Å². The van der Waals surface area contributed by atoms with E-state index in [0.29, 0.717) is 25.4 Å². The second kappa shape index (κ2) is 4.46. The predicted molar refractivity (Wildman–Crippen MR) is 66.6 cm³/mol. The Morgan fingerprint density at radius 1 is 1.56 bits per heavy atom. The lowest BCUT2D eigenvalue weighted by atomic mass is 10.1. The van der Waals surface area contributed by atoms with E-state index in [1.54, 1.807) is 13.3 Å². The highest BCUT2D eigenvalue weighted by atomic mass is 19.1.